The van der Waals surface area contributed by atoms with E-state index in [1.54, 1.807) is 53.4 Å². The van der Waals surface area contributed by atoms with Crippen molar-refractivity contribution in [2.24, 2.45) is 5.73 Å². The quantitative estimate of drug-likeness (QED) is 0.405. The summed E-state index contributed by atoms with van der Waals surface area (Å²) < 4.78 is 27.2. The molecule has 4 N–H and O–H groups in total. The summed E-state index contributed by atoms with van der Waals surface area (Å²) in [6.07, 6.45) is 4.50. The van der Waals surface area contributed by atoms with Crippen molar-refractivity contribution >= 4 is 39.3 Å². The molecule has 3 amide bonds. The topological polar surface area (TPSA) is 139 Å². The molecule has 38 heavy (non-hydrogen) atoms. The van der Waals surface area contributed by atoms with Crippen LogP contribution in [0.3, 0.4) is 0 Å². The lowest BCUT2D eigenvalue weighted by molar-refractivity contribution is -0.125. The van der Waals surface area contributed by atoms with Crippen LogP contribution in [0.15, 0.2) is 48.5 Å². The number of sulfonamides is 1. The van der Waals surface area contributed by atoms with E-state index in [4.69, 9.17) is 17.3 Å². The molecule has 2 aliphatic rings. The SMILES string of the molecule is CS(=O)(=O)N[C@H]1CCCC[C@@H]1N1C(=O)c2ccccc2[C@@H](C(=O)NCCCC(N)=O)[C@@H]1c1ccc(Cl)cc1. The molecule has 0 radical (unpaired) electrons. The predicted octanol–water partition coefficient (Wildman–Crippen LogP) is 2.86. The van der Waals surface area contributed by atoms with Gasteiger partial charge in [-0.15, -0.1) is 0 Å². The molecular weight excluding hydrogens is 528 g/mol. The van der Waals surface area contributed by atoms with E-state index in [2.05, 4.69) is 10.0 Å². The number of fused-ring (bicyclic) bond motifs is 1. The van der Waals surface area contributed by atoms with Gasteiger partial charge < -0.3 is 16.0 Å². The van der Waals surface area contributed by atoms with E-state index in [0.717, 1.165) is 24.7 Å². The van der Waals surface area contributed by atoms with Crippen LogP contribution in [0.1, 0.15) is 72.0 Å². The van der Waals surface area contributed by atoms with Crippen molar-refractivity contribution in [3.05, 3.63) is 70.2 Å². The fourth-order valence-corrected chi connectivity index (χ4v) is 6.61. The van der Waals surface area contributed by atoms with Crippen LogP contribution in [0.5, 0.6) is 0 Å². The molecule has 0 spiro atoms. The Morgan fingerprint density at radius 2 is 1.76 bits per heavy atom. The number of nitrogens with zero attached hydrogens (tertiary/aromatic N) is 1. The van der Waals surface area contributed by atoms with Crippen LogP contribution in [-0.4, -0.2) is 55.9 Å². The van der Waals surface area contributed by atoms with Gasteiger partial charge in [-0.3, -0.25) is 14.4 Å². The maximum absolute atomic E-state index is 14.1. The third kappa shape index (κ3) is 6.36. The molecule has 0 unspecified atom stereocenters. The van der Waals surface area contributed by atoms with Gasteiger partial charge in [-0.1, -0.05) is 54.8 Å². The summed E-state index contributed by atoms with van der Waals surface area (Å²) in [6, 6.07) is 12.4. The molecule has 4 rings (SSSR count). The van der Waals surface area contributed by atoms with E-state index in [1.165, 1.54) is 0 Å². The standard InChI is InChI=1S/C27H33ClN4O5S/c1-38(36,37)31-21-9-4-5-10-22(21)32-25(17-12-14-18(28)15-13-17)24(26(34)30-16-6-11-23(29)33)19-7-2-3-8-20(19)27(32)35/h2-3,7-8,12-15,21-22,24-25,31H,4-6,9-11,16H2,1H3,(H2,29,33)(H,30,34)/t21-,22-,24+,25-/m0/s1. The minimum absolute atomic E-state index is 0.147. The lowest BCUT2D eigenvalue weighted by Gasteiger charge is -2.49. The number of carbonyl (C=O) groups excluding carboxylic acids is 3. The lowest BCUT2D eigenvalue weighted by atomic mass is 9.76. The number of nitrogens with two attached hydrogens (primary N) is 1. The van der Waals surface area contributed by atoms with Crippen molar-refractivity contribution in [2.75, 3.05) is 12.8 Å². The number of amides is 3. The highest BCUT2D eigenvalue weighted by atomic mass is 35.5. The molecule has 1 aliphatic carbocycles. The molecule has 0 saturated heterocycles. The Kier molecular flexibility index (Phi) is 8.74. The molecule has 4 atom stereocenters. The minimum Gasteiger partial charge on any atom is -0.370 e. The number of halogens is 1. The zero-order valence-corrected chi connectivity index (χ0v) is 22.8. The van der Waals surface area contributed by atoms with Gasteiger partial charge in [0.25, 0.3) is 5.91 Å². The fraction of sp³-hybridized carbons (Fsp3) is 0.444. The normalized spacial score (nSPS) is 23.5. The van der Waals surface area contributed by atoms with Crippen molar-refractivity contribution in [1.82, 2.24) is 14.9 Å². The van der Waals surface area contributed by atoms with E-state index < -0.39 is 40.0 Å². The largest absolute Gasteiger partial charge is 0.370 e. The first-order valence-corrected chi connectivity index (χ1v) is 15.0. The maximum atomic E-state index is 14.1. The van der Waals surface area contributed by atoms with E-state index >= 15 is 0 Å². The zero-order valence-electron chi connectivity index (χ0n) is 21.2. The van der Waals surface area contributed by atoms with E-state index in [0.29, 0.717) is 35.4 Å². The second-order valence-corrected chi connectivity index (χ2v) is 12.2. The van der Waals surface area contributed by atoms with Crippen LogP contribution in [0.2, 0.25) is 5.02 Å². The number of hydrogen-bond donors (Lipinski definition) is 3. The van der Waals surface area contributed by atoms with Crippen molar-refractivity contribution < 1.29 is 22.8 Å². The van der Waals surface area contributed by atoms with Crippen LogP contribution in [-0.2, 0) is 19.6 Å². The molecule has 1 saturated carbocycles. The molecule has 11 heteroatoms. The Morgan fingerprint density at radius 3 is 2.45 bits per heavy atom. The van der Waals surface area contributed by atoms with Gasteiger partial charge in [-0.05, 0) is 48.6 Å². The van der Waals surface area contributed by atoms with Crippen LogP contribution in [0.25, 0.3) is 0 Å². The van der Waals surface area contributed by atoms with Gasteiger partial charge in [-0.2, -0.15) is 0 Å². The summed E-state index contributed by atoms with van der Waals surface area (Å²) in [6.45, 7) is 0.253. The summed E-state index contributed by atoms with van der Waals surface area (Å²) in [5, 5.41) is 3.44. The Labute approximate surface area is 228 Å². The zero-order chi connectivity index (χ0) is 27.4. The average molecular weight is 561 g/mol. The number of nitrogens with one attached hydrogen (secondary N) is 2. The molecule has 2 aromatic carbocycles. The third-order valence-corrected chi connectivity index (χ3v) is 8.20. The average Bonchev–Trinajstić information content (AvgIpc) is 2.86. The second kappa shape index (κ2) is 11.8. The van der Waals surface area contributed by atoms with Crippen molar-refractivity contribution in [1.29, 1.82) is 0 Å². The van der Waals surface area contributed by atoms with Gasteiger partial charge in [0.05, 0.1) is 18.2 Å². The van der Waals surface area contributed by atoms with Crippen molar-refractivity contribution in [3.63, 3.8) is 0 Å². The van der Waals surface area contributed by atoms with Gasteiger partial charge in [0.2, 0.25) is 21.8 Å². The van der Waals surface area contributed by atoms with Crippen molar-refractivity contribution in [3.8, 4) is 0 Å². The molecule has 204 valence electrons. The van der Waals surface area contributed by atoms with Crippen LogP contribution < -0.4 is 15.8 Å². The Bertz CT molecular complexity index is 1300. The number of rotatable bonds is 9. The summed E-state index contributed by atoms with van der Waals surface area (Å²) in [5.41, 5.74) is 6.98. The first-order chi connectivity index (χ1) is 18.1. The highest BCUT2D eigenvalue weighted by molar-refractivity contribution is 7.88. The van der Waals surface area contributed by atoms with E-state index in [9.17, 15) is 22.8 Å². The van der Waals surface area contributed by atoms with Gasteiger partial charge in [-0.25, -0.2) is 13.1 Å². The van der Waals surface area contributed by atoms with Crippen LogP contribution in [0.4, 0.5) is 0 Å². The minimum atomic E-state index is -3.54. The van der Waals surface area contributed by atoms with Gasteiger partial charge in [0.15, 0.2) is 0 Å². The monoisotopic (exact) mass is 560 g/mol. The van der Waals surface area contributed by atoms with Gasteiger partial charge in [0.1, 0.15) is 0 Å². The molecule has 1 aliphatic heterocycles. The summed E-state index contributed by atoms with van der Waals surface area (Å²) in [5.74, 6) is -1.74. The Hall–Kier alpha value is -2.95. The maximum Gasteiger partial charge on any atom is 0.255 e. The third-order valence-electron chi connectivity index (χ3n) is 7.22. The highest BCUT2D eigenvalue weighted by Crippen LogP contribution is 2.46. The lowest BCUT2D eigenvalue weighted by Crippen LogP contribution is -2.59. The Balaban J connectivity index is 1.82. The molecule has 1 fully saturated rings. The first-order valence-electron chi connectivity index (χ1n) is 12.8. The molecular formula is C27H33ClN4O5S. The second-order valence-electron chi connectivity index (χ2n) is 9.98. The molecule has 9 nitrogen and oxygen atoms in total. The van der Waals surface area contributed by atoms with Gasteiger partial charge >= 0.3 is 0 Å². The van der Waals surface area contributed by atoms with E-state index in [-0.39, 0.29) is 24.8 Å². The molecule has 0 bridgehead atoms. The number of carbonyl (C=O) groups is 3. The Morgan fingerprint density at radius 1 is 1.08 bits per heavy atom. The molecule has 2 aromatic rings. The predicted molar refractivity (Wildman–Crippen MR) is 145 cm³/mol. The number of primary amides is 1. The summed E-state index contributed by atoms with van der Waals surface area (Å²) in [4.78, 5) is 40.8. The van der Waals surface area contributed by atoms with Gasteiger partial charge in [0, 0.05) is 35.6 Å². The first kappa shape index (κ1) is 28.1. The van der Waals surface area contributed by atoms with Crippen molar-refractivity contribution in [2.45, 2.75) is 62.6 Å². The van der Waals surface area contributed by atoms with E-state index in [1.807, 2.05) is 0 Å². The smallest absolute Gasteiger partial charge is 0.255 e. The highest BCUT2D eigenvalue weighted by Gasteiger charge is 2.48. The number of hydrogen-bond acceptors (Lipinski definition) is 5. The van der Waals surface area contributed by atoms with Crippen LogP contribution in [0, 0.1) is 0 Å². The summed E-state index contributed by atoms with van der Waals surface area (Å²) in [7, 11) is -3.54. The van der Waals surface area contributed by atoms with Crippen LogP contribution >= 0.6 is 11.6 Å². The fourth-order valence-electron chi connectivity index (χ4n) is 5.65. The number of benzene rings is 2. The summed E-state index contributed by atoms with van der Waals surface area (Å²) >= 11 is 6.18. The molecule has 1 heterocycles. The molecule has 0 aromatic heterocycles.